The van der Waals surface area contributed by atoms with Crippen molar-refractivity contribution in [3.63, 3.8) is 0 Å². The fourth-order valence-corrected chi connectivity index (χ4v) is 2.66. The highest BCUT2D eigenvalue weighted by atomic mass is 16.5. The van der Waals surface area contributed by atoms with Crippen molar-refractivity contribution in [3.05, 3.63) is 24.2 Å². The summed E-state index contributed by atoms with van der Waals surface area (Å²) in [7, 11) is 1.73. The minimum absolute atomic E-state index is 0.178. The molecule has 0 radical (unpaired) electrons. The Hall–Kier alpha value is -0.840. The Morgan fingerprint density at radius 3 is 3.06 bits per heavy atom. The van der Waals surface area contributed by atoms with Crippen molar-refractivity contribution in [2.45, 2.75) is 25.9 Å². The fourth-order valence-electron chi connectivity index (χ4n) is 2.66. The minimum Gasteiger partial charge on any atom is -0.472 e. The highest BCUT2D eigenvalue weighted by Crippen LogP contribution is 2.37. The number of methoxy groups -OCH3 is 1. The van der Waals surface area contributed by atoms with Gasteiger partial charge in [0.2, 0.25) is 0 Å². The summed E-state index contributed by atoms with van der Waals surface area (Å²) in [6.07, 6.45) is 5.95. The van der Waals surface area contributed by atoms with Crippen LogP contribution in [0.2, 0.25) is 0 Å². The molecule has 0 bridgehead atoms. The summed E-state index contributed by atoms with van der Waals surface area (Å²) < 4.78 is 16.0. The quantitative estimate of drug-likeness (QED) is 0.753. The van der Waals surface area contributed by atoms with Gasteiger partial charge >= 0.3 is 0 Å². The molecule has 18 heavy (non-hydrogen) atoms. The molecule has 1 N–H and O–H groups in total. The van der Waals surface area contributed by atoms with E-state index in [1.165, 1.54) is 5.56 Å². The molecule has 2 heterocycles. The van der Waals surface area contributed by atoms with Crippen molar-refractivity contribution in [2.75, 3.05) is 33.4 Å². The Kier molecular flexibility index (Phi) is 4.80. The van der Waals surface area contributed by atoms with Gasteiger partial charge in [0.25, 0.3) is 0 Å². The summed E-state index contributed by atoms with van der Waals surface area (Å²) in [5.74, 6) is 0. The summed E-state index contributed by atoms with van der Waals surface area (Å²) in [5, 5.41) is 3.48. The van der Waals surface area contributed by atoms with E-state index in [2.05, 4.69) is 12.2 Å². The van der Waals surface area contributed by atoms with E-state index >= 15 is 0 Å². The second-order valence-electron chi connectivity index (χ2n) is 5.10. The van der Waals surface area contributed by atoms with Gasteiger partial charge in [-0.25, -0.2) is 0 Å². The number of ether oxygens (including phenoxy) is 2. The van der Waals surface area contributed by atoms with Crippen molar-refractivity contribution in [1.29, 1.82) is 0 Å². The zero-order valence-electron chi connectivity index (χ0n) is 11.3. The van der Waals surface area contributed by atoms with Crippen LogP contribution in [0.5, 0.6) is 0 Å². The highest BCUT2D eigenvalue weighted by molar-refractivity contribution is 5.11. The molecule has 0 spiro atoms. The molecular weight excluding hydrogens is 230 g/mol. The summed E-state index contributed by atoms with van der Waals surface area (Å²) >= 11 is 0. The van der Waals surface area contributed by atoms with Crippen LogP contribution < -0.4 is 5.32 Å². The van der Waals surface area contributed by atoms with E-state index in [1.54, 1.807) is 13.4 Å². The van der Waals surface area contributed by atoms with E-state index in [0.717, 1.165) is 39.1 Å². The standard InChI is InChI=1S/C14H23NO3/c1-12-14(4-7-18-12,11-15-5-8-16-2)9-13-3-6-17-10-13/h3,6,10,12,15H,4-5,7-9,11H2,1-2H3. The second kappa shape index (κ2) is 6.36. The highest BCUT2D eigenvalue weighted by Gasteiger charge is 2.41. The van der Waals surface area contributed by atoms with E-state index in [4.69, 9.17) is 13.9 Å². The monoisotopic (exact) mass is 253 g/mol. The lowest BCUT2D eigenvalue weighted by atomic mass is 9.76. The third-order valence-electron chi connectivity index (χ3n) is 3.93. The van der Waals surface area contributed by atoms with Crippen molar-refractivity contribution < 1.29 is 13.9 Å². The number of rotatable bonds is 7. The smallest absolute Gasteiger partial charge is 0.0934 e. The third-order valence-corrected chi connectivity index (χ3v) is 3.93. The van der Waals surface area contributed by atoms with Crippen LogP contribution >= 0.6 is 0 Å². The lowest BCUT2D eigenvalue weighted by molar-refractivity contribution is 0.0619. The minimum atomic E-state index is 0.178. The Labute approximate surface area is 109 Å². The van der Waals surface area contributed by atoms with Crippen LogP contribution in [-0.2, 0) is 15.9 Å². The Bertz CT molecular complexity index is 339. The van der Waals surface area contributed by atoms with Crippen molar-refractivity contribution in [3.8, 4) is 0 Å². The second-order valence-corrected chi connectivity index (χ2v) is 5.10. The predicted octanol–water partition coefficient (Wildman–Crippen LogP) is 1.85. The lowest BCUT2D eigenvalue weighted by Crippen LogP contribution is -2.42. The molecule has 4 heteroatoms. The van der Waals surface area contributed by atoms with Crippen molar-refractivity contribution in [2.24, 2.45) is 5.41 Å². The maximum absolute atomic E-state index is 5.77. The number of furan rings is 1. The summed E-state index contributed by atoms with van der Waals surface area (Å²) in [6, 6.07) is 2.04. The fraction of sp³-hybridized carbons (Fsp3) is 0.714. The van der Waals surface area contributed by atoms with Crippen LogP contribution in [0.15, 0.2) is 23.0 Å². The molecule has 102 valence electrons. The molecule has 2 atom stereocenters. The molecule has 1 saturated heterocycles. The first-order valence-electron chi connectivity index (χ1n) is 6.59. The van der Waals surface area contributed by atoms with E-state index in [-0.39, 0.29) is 11.5 Å². The van der Waals surface area contributed by atoms with Gasteiger partial charge in [-0.3, -0.25) is 0 Å². The Morgan fingerprint density at radius 2 is 2.44 bits per heavy atom. The number of hydrogen-bond donors (Lipinski definition) is 1. The van der Waals surface area contributed by atoms with E-state index < -0.39 is 0 Å². The zero-order valence-corrected chi connectivity index (χ0v) is 11.3. The normalized spacial score (nSPS) is 27.8. The van der Waals surface area contributed by atoms with Crippen LogP contribution in [0.3, 0.4) is 0 Å². The van der Waals surface area contributed by atoms with Gasteiger partial charge in [-0.15, -0.1) is 0 Å². The maximum Gasteiger partial charge on any atom is 0.0934 e. The molecule has 1 aliphatic rings. The van der Waals surface area contributed by atoms with E-state index in [0.29, 0.717) is 0 Å². The van der Waals surface area contributed by atoms with Gasteiger partial charge in [0.05, 0.1) is 25.2 Å². The first kappa shape index (κ1) is 13.6. The molecule has 2 unspecified atom stereocenters. The summed E-state index contributed by atoms with van der Waals surface area (Å²) in [4.78, 5) is 0. The molecule has 0 aliphatic carbocycles. The third kappa shape index (κ3) is 3.13. The van der Waals surface area contributed by atoms with Crippen molar-refractivity contribution in [1.82, 2.24) is 5.32 Å². The molecule has 0 saturated carbocycles. The first-order valence-corrected chi connectivity index (χ1v) is 6.59. The average Bonchev–Trinajstić information content (AvgIpc) is 2.97. The van der Waals surface area contributed by atoms with Crippen LogP contribution in [0, 0.1) is 5.41 Å². The van der Waals surface area contributed by atoms with Gasteiger partial charge in [0.1, 0.15) is 0 Å². The predicted molar refractivity (Wildman–Crippen MR) is 69.6 cm³/mol. The van der Waals surface area contributed by atoms with Crippen LogP contribution in [0.4, 0.5) is 0 Å². The molecule has 0 amide bonds. The average molecular weight is 253 g/mol. The van der Waals surface area contributed by atoms with Crippen molar-refractivity contribution >= 4 is 0 Å². The number of hydrogen-bond acceptors (Lipinski definition) is 4. The molecule has 4 nitrogen and oxygen atoms in total. The maximum atomic E-state index is 5.77. The topological polar surface area (TPSA) is 43.6 Å². The Balaban J connectivity index is 1.95. The lowest BCUT2D eigenvalue weighted by Gasteiger charge is -2.32. The van der Waals surface area contributed by atoms with Gasteiger partial charge in [0.15, 0.2) is 0 Å². The molecule has 1 aromatic rings. The van der Waals surface area contributed by atoms with E-state index in [9.17, 15) is 0 Å². The van der Waals surface area contributed by atoms with Gasteiger partial charge in [-0.2, -0.15) is 0 Å². The number of nitrogens with one attached hydrogen (secondary N) is 1. The van der Waals surface area contributed by atoms with E-state index in [1.807, 2.05) is 12.3 Å². The van der Waals surface area contributed by atoms with Crippen LogP contribution in [0.25, 0.3) is 0 Å². The van der Waals surface area contributed by atoms with Crippen LogP contribution in [-0.4, -0.2) is 39.5 Å². The zero-order chi connectivity index (χ0) is 12.8. The summed E-state index contributed by atoms with van der Waals surface area (Å²) in [6.45, 7) is 5.62. The summed E-state index contributed by atoms with van der Waals surface area (Å²) in [5.41, 5.74) is 1.43. The Morgan fingerprint density at radius 1 is 1.56 bits per heavy atom. The molecule has 1 aliphatic heterocycles. The molecule has 2 rings (SSSR count). The van der Waals surface area contributed by atoms with Gasteiger partial charge < -0.3 is 19.2 Å². The molecule has 1 fully saturated rings. The van der Waals surface area contributed by atoms with Gasteiger partial charge in [-0.1, -0.05) is 0 Å². The SMILES string of the molecule is COCCNCC1(Cc2ccoc2)CCOC1C. The largest absolute Gasteiger partial charge is 0.472 e. The van der Waals surface area contributed by atoms with Gasteiger partial charge in [-0.05, 0) is 31.4 Å². The van der Waals surface area contributed by atoms with Gasteiger partial charge in [0, 0.05) is 32.2 Å². The molecular formula is C14H23NO3. The first-order chi connectivity index (χ1) is 8.77. The van der Waals surface area contributed by atoms with Crippen LogP contribution in [0.1, 0.15) is 18.9 Å². The molecule has 0 aromatic carbocycles. The molecule has 1 aromatic heterocycles.